The van der Waals surface area contributed by atoms with Gasteiger partial charge in [-0.25, -0.2) is 0 Å². The van der Waals surface area contributed by atoms with E-state index in [4.69, 9.17) is 5.73 Å². The van der Waals surface area contributed by atoms with Gasteiger partial charge in [-0.05, 0) is 61.7 Å². The van der Waals surface area contributed by atoms with Crippen molar-refractivity contribution < 1.29 is 0 Å². The molecule has 0 bridgehead atoms. The highest BCUT2D eigenvalue weighted by atomic mass is 32.1. The van der Waals surface area contributed by atoms with Crippen molar-refractivity contribution in [3.8, 4) is 0 Å². The van der Waals surface area contributed by atoms with Gasteiger partial charge in [0, 0.05) is 11.4 Å². The van der Waals surface area contributed by atoms with Gasteiger partial charge in [0.2, 0.25) is 0 Å². The Morgan fingerprint density at radius 3 is 2.71 bits per heavy atom. The lowest BCUT2D eigenvalue weighted by Crippen LogP contribution is -2.23. The van der Waals surface area contributed by atoms with E-state index in [-0.39, 0.29) is 0 Å². The van der Waals surface area contributed by atoms with Gasteiger partial charge >= 0.3 is 0 Å². The fraction of sp³-hybridized carbons (Fsp3) is 0.714. The van der Waals surface area contributed by atoms with Crippen molar-refractivity contribution in [2.45, 2.75) is 40.2 Å². The summed E-state index contributed by atoms with van der Waals surface area (Å²) in [6.07, 6.45) is 2.44. The average Bonchev–Trinajstić information content (AvgIpc) is 2.68. The maximum Gasteiger partial charge on any atom is 0.0302 e. The van der Waals surface area contributed by atoms with Crippen LogP contribution >= 0.6 is 11.3 Å². The lowest BCUT2D eigenvalue weighted by Gasteiger charge is -2.17. The number of hydrogen-bond donors (Lipinski definition) is 2. The lowest BCUT2D eigenvalue weighted by molar-refractivity contribution is 0.386. The van der Waals surface area contributed by atoms with E-state index in [2.05, 4.69) is 37.5 Å². The number of aryl methyl sites for hydroxylation is 1. The van der Waals surface area contributed by atoms with Gasteiger partial charge in [-0.3, -0.25) is 0 Å². The molecule has 17 heavy (non-hydrogen) atoms. The summed E-state index contributed by atoms with van der Waals surface area (Å²) in [6.45, 7) is 9.61. The van der Waals surface area contributed by atoms with E-state index in [1.54, 1.807) is 0 Å². The fourth-order valence-corrected chi connectivity index (χ4v) is 2.97. The molecule has 0 radical (unpaired) electrons. The van der Waals surface area contributed by atoms with Gasteiger partial charge in [0.25, 0.3) is 0 Å². The second kappa shape index (κ2) is 7.85. The van der Waals surface area contributed by atoms with Crippen molar-refractivity contribution in [2.24, 2.45) is 17.6 Å². The first-order chi connectivity index (χ1) is 8.13. The van der Waals surface area contributed by atoms with E-state index < -0.39 is 0 Å². The molecule has 0 aliphatic heterocycles. The Kier molecular flexibility index (Phi) is 6.78. The largest absolute Gasteiger partial charge is 0.330 e. The molecule has 1 heterocycles. The average molecular weight is 254 g/mol. The molecule has 2 nitrogen and oxygen atoms in total. The van der Waals surface area contributed by atoms with Crippen LogP contribution in [0.25, 0.3) is 0 Å². The molecule has 3 heteroatoms. The number of nitrogens with one attached hydrogen (secondary N) is 1. The Balaban J connectivity index is 2.16. The molecule has 0 aromatic carbocycles. The summed E-state index contributed by atoms with van der Waals surface area (Å²) in [5, 5.41) is 5.68. The Hall–Kier alpha value is -0.380. The molecule has 1 rings (SSSR count). The molecular weight excluding hydrogens is 228 g/mol. The summed E-state index contributed by atoms with van der Waals surface area (Å²) in [5.41, 5.74) is 7.20. The smallest absolute Gasteiger partial charge is 0.0302 e. The molecule has 0 aliphatic rings. The van der Waals surface area contributed by atoms with Crippen molar-refractivity contribution >= 4 is 11.3 Å². The highest BCUT2D eigenvalue weighted by Gasteiger charge is 2.08. The van der Waals surface area contributed by atoms with Crippen LogP contribution in [0, 0.1) is 18.8 Å². The van der Waals surface area contributed by atoms with Crippen LogP contribution in [-0.2, 0) is 6.54 Å². The molecule has 1 atom stereocenters. The van der Waals surface area contributed by atoms with E-state index >= 15 is 0 Å². The molecule has 1 aromatic heterocycles. The second-order valence-corrected chi connectivity index (χ2v) is 6.22. The SMILES string of the molecule is Cc1ccsc1CNCCC(CN)CC(C)C. The zero-order valence-corrected chi connectivity index (χ0v) is 12.1. The van der Waals surface area contributed by atoms with Gasteiger partial charge in [0.15, 0.2) is 0 Å². The van der Waals surface area contributed by atoms with Gasteiger partial charge in [-0.15, -0.1) is 11.3 Å². The molecule has 3 N–H and O–H groups in total. The van der Waals surface area contributed by atoms with Crippen LogP contribution in [0.2, 0.25) is 0 Å². The second-order valence-electron chi connectivity index (χ2n) is 5.22. The van der Waals surface area contributed by atoms with Gasteiger partial charge < -0.3 is 11.1 Å². The van der Waals surface area contributed by atoms with Gasteiger partial charge in [0.1, 0.15) is 0 Å². The van der Waals surface area contributed by atoms with Crippen LogP contribution in [0.5, 0.6) is 0 Å². The number of nitrogens with two attached hydrogens (primary N) is 1. The van der Waals surface area contributed by atoms with Crippen LogP contribution in [0.4, 0.5) is 0 Å². The minimum atomic E-state index is 0.673. The summed E-state index contributed by atoms with van der Waals surface area (Å²) in [7, 11) is 0. The molecule has 0 fully saturated rings. The molecular formula is C14H26N2S. The summed E-state index contributed by atoms with van der Waals surface area (Å²) in [4.78, 5) is 1.46. The molecule has 0 spiro atoms. The normalized spacial score (nSPS) is 13.2. The quantitative estimate of drug-likeness (QED) is 0.699. The van der Waals surface area contributed by atoms with E-state index in [0.29, 0.717) is 5.92 Å². The van der Waals surface area contributed by atoms with Crippen LogP contribution in [-0.4, -0.2) is 13.1 Å². The third kappa shape index (κ3) is 5.66. The minimum Gasteiger partial charge on any atom is -0.330 e. The van der Waals surface area contributed by atoms with Crippen LogP contribution in [0.15, 0.2) is 11.4 Å². The van der Waals surface area contributed by atoms with Crippen molar-refractivity contribution in [1.29, 1.82) is 0 Å². The lowest BCUT2D eigenvalue weighted by atomic mass is 9.94. The van der Waals surface area contributed by atoms with E-state index in [1.165, 1.54) is 23.3 Å². The number of thiophene rings is 1. The van der Waals surface area contributed by atoms with Crippen LogP contribution < -0.4 is 11.1 Å². The highest BCUT2D eigenvalue weighted by Crippen LogP contribution is 2.16. The van der Waals surface area contributed by atoms with Crippen LogP contribution in [0.3, 0.4) is 0 Å². The summed E-state index contributed by atoms with van der Waals surface area (Å²) in [5.74, 6) is 1.43. The Bertz CT molecular complexity index is 307. The van der Waals surface area contributed by atoms with E-state index in [9.17, 15) is 0 Å². The maximum atomic E-state index is 5.80. The molecule has 1 aromatic rings. The first kappa shape index (κ1) is 14.7. The van der Waals surface area contributed by atoms with Crippen molar-refractivity contribution in [3.05, 3.63) is 21.9 Å². The molecule has 0 amide bonds. The Labute approximate surface area is 110 Å². The van der Waals surface area contributed by atoms with Gasteiger partial charge in [-0.2, -0.15) is 0 Å². The van der Waals surface area contributed by atoms with E-state index in [1.807, 2.05) is 11.3 Å². The van der Waals surface area contributed by atoms with E-state index in [0.717, 1.165) is 25.6 Å². The van der Waals surface area contributed by atoms with Gasteiger partial charge in [-0.1, -0.05) is 13.8 Å². The molecule has 0 aliphatic carbocycles. The number of rotatable bonds is 8. The molecule has 1 unspecified atom stereocenters. The van der Waals surface area contributed by atoms with Gasteiger partial charge in [0.05, 0.1) is 0 Å². The molecule has 0 saturated carbocycles. The van der Waals surface area contributed by atoms with Crippen molar-refractivity contribution in [2.75, 3.05) is 13.1 Å². The number of hydrogen-bond acceptors (Lipinski definition) is 3. The maximum absolute atomic E-state index is 5.80. The summed E-state index contributed by atoms with van der Waals surface area (Å²) in [6, 6.07) is 2.18. The Morgan fingerprint density at radius 2 is 2.18 bits per heavy atom. The first-order valence-electron chi connectivity index (χ1n) is 6.57. The molecule has 98 valence electrons. The zero-order chi connectivity index (χ0) is 12.7. The zero-order valence-electron chi connectivity index (χ0n) is 11.3. The van der Waals surface area contributed by atoms with Crippen molar-refractivity contribution in [3.63, 3.8) is 0 Å². The topological polar surface area (TPSA) is 38.0 Å². The minimum absolute atomic E-state index is 0.673. The summed E-state index contributed by atoms with van der Waals surface area (Å²) >= 11 is 1.84. The third-order valence-corrected chi connectivity index (χ3v) is 4.14. The molecule has 0 saturated heterocycles. The van der Waals surface area contributed by atoms with Crippen LogP contribution in [0.1, 0.15) is 37.1 Å². The standard InChI is InChI=1S/C14H26N2S/c1-11(2)8-13(9-15)4-6-16-10-14-12(3)5-7-17-14/h5,7,11,13,16H,4,6,8-10,15H2,1-3H3. The highest BCUT2D eigenvalue weighted by molar-refractivity contribution is 7.10. The summed E-state index contributed by atoms with van der Waals surface area (Å²) < 4.78 is 0. The Morgan fingerprint density at radius 1 is 1.41 bits per heavy atom. The predicted octanol–water partition coefficient (Wildman–Crippen LogP) is 3.16. The monoisotopic (exact) mass is 254 g/mol. The van der Waals surface area contributed by atoms with Crippen molar-refractivity contribution in [1.82, 2.24) is 5.32 Å². The first-order valence-corrected chi connectivity index (χ1v) is 7.45. The third-order valence-electron chi connectivity index (χ3n) is 3.12. The predicted molar refractivity (Wildman–Crippen MR) is 77.4 cm³/mol. The fourth-order valence-electron chi connectivity index (χ4n) is 2.09.